The van der Waals surface area contributed by atoms with Gasteiger partial charge in [0.1, 0.15) is 0 Å². The molecule has 1 unspecified atom stereocenters. The molecule has 0 spiro atoms. The van der Waals surface area contributed by atoms with Gasteiger partial charge in [-0.25, -0.2) is 9.78 Å². The van der Waals surface area contributed by atoms with E-state index in [1.54, 1.807) is 18.0 Å². The van der Waals surface area contributed by atoms with E-state index in [1.165, 1.54) is 0 Å². The SMILES string of the molecule is Cc1noc(C2CCCN(C(=O)Nc3cnc4n[nH]c(C)c4c3)C2)n1. The number of likely N-dealkylation sites (tertiary alicyclic amines) is 1. The molecule has 0 bridgehead atoms. The third-order valence-electron chi connectivity index (χ3n) is 4.45. The lowest BCUT2D eigenvalue weighted by atomic mass is 9.98. The lowest BCUT2D eigenvalue weighted by molar-refractivity contribution is 0.184. The van der Waals surface area contributed by atoms with E-state index in [9.17, 15) is 4.79 Å². The van der Waals surface area contributed by atoms with Gasteiger partial charge in [0, 0.05) is 24.2 Å². The van der Waals surface area contributed by atoms with Gasteiger partial charge in [-0.05, 0) is 32.8 Å². The van der Waals surface area contributed by atoms with Crippen LogP contribution in [0.2, 0.25) is 0 Å². The number of amides is 2. The Morgan fingerprint density at radius 3 is 3.12 bits per heavy atom. The highest BCUT2D eigenvalue weighted by Crippen LogP contribution is 2.26. The van der Waals surface area contributed by atoms with Crippen LogP contribution in [-0.4, -0.2) is 49.3 Å². The van der Waals surface area contributed by atoms with Crippen LogP contribution in [0.4, 0.5) is 10.5 Å². The number of H-pyrrole nitrogens is 1. The minimum absolute atomic E-state index is 0.0809. The highest BCUT2D eigenvalue weighted by molar-refractivity contribution is 5.92. The van der Waals surface area contributed by atoms with Gasteiger partial charge in [-0.15, -0.1) is 0 Å². The second-order valence-corrected chi connectivity index (χ2v) is 6.34. The molecule has 1 aliphatic heterocycles. The second-order valence-electron chi connectivity index (χ2n) is 6.34. The van der Waals surface area contributed by atoms with Crippen LogP contribution in [0.15, 0.2) is 16.8 Å². The normalized spacial score (nSPS) is 17.8. The molecule has 0 radical (unpaired) electrons. The molecule has 25 heavy (non-hydrogen) atoms. The predicted molar refractivity (Wildman–Crippen MR) is 90.2 cm³/mol. The van der Waals surface area contributed by atoms with Gasteiger partial charge >= 0.3 is 6.03 Å². The van der Waals surface area contributed by atoms with Crippen LogP contribution in [0.25, 0.3) is 11.0 Å². The quantitative estimate of drug-likeness (QED) is 0.740. The van der Waals surface area contributed by atoms with E-state index in [1.807, 2.05) is 13.0 Å². The summed E-state index contributed by atoms with van der Waals surface area (Å²) in [5.74, 6) is 1.30. The van der Waals surface area contributed by atoms with Crippen LogP contribution in [-0.2, 0) is 0 Å². The Balaban J connectivity index is 1.47. The lowest BCUT2D eigenvalue weighted by Crippen LogP contribution is -2.41. The summed E-state index contributed by atoms with van der Waals surface area (Å²) in [4.78, 5) is 22.9. The van der Waals surface area contributed by atoms with Crippen LogP contribution in [0.5, 0.6) is 0 Å². The predicted octanol–water partition coefficient (Wildman–Crippen LogP) is 2.37. The number of hydrogen-bond acceptors (Lipinski definition) is 6. The molecular weight excluding hydrogens is 322 g/mol. The van der Waals surface area contributed by atoms with E-state index < -0.39 is 0 Å². The molecule has 4 heterocycles. The largest absolute Gasteiger partial charge is 0.339 e. The maximum Gasteiger partial charge on any atom is 0.321 e. The minimum atomic E-state index is -0.150. The van der Waals surface area contributed by atoms with Crippen molar-refractivity contribution in [3.05, 3.63) is 29.7 Å². The summed E-state index contributed by atoms with van der Waals surface area (Å²) in [6.07, 6.45) is 3.45. The van der Waals surface area contributed by atoms with Crippen molar-refractivity contribution < 1.29 is 9.32 Å². The van der Waals surface area contributed by atoms with Gasteiger partial charge in [0.15, 0.2) is 11.5 Å². The van der Waals surface area contributed by atoms with Gasteiger partial charge in [0.2, 0.25) is 5.89 Å². The number of nitrogens with zero attached hydrogens (tertiary/aromatic N) is 5. The molecule has 9 heteroatoms. The summed E-state index contributed by atoms with van der Waals surface area (Å²) in [5, 5.41) is 14.6. The van der Waals surface area contributed by atoms with E-state index in [2.05, 4.69) is 30.6 Å². The molecule has 4 rings (SSSR count). The number of aryl methyl sites for hydroxylation is 2. The molecule has 1 fully saturated rings. The molecule has 3 aromatic rings. The first-order valence-electron chi connectivity index (χ1n) is 8.27. The number of pyridine rings is 1. The number of carbonyl (C=O) groups is 1. The highest BCUT2D eigenvalue weighted by Gasteiger charge is 2.28. The second kappa shape index (κ2) is 6.15. The van der Waals surface area contributed by atoms with Crippen LogP contribution in [0.3, 0.4) is 0 Å². The van der Waals surface area contributed by atoms with Gasteiger partial charge in [-0.2, -0.15) is 10.1 Å². The lowest BCUT2D eigenvalue weighted by Gasteiger charge is -2.31. The Morgan fingerprint density at radius 1 is 1.44 bits per heavy atom. The van der Waals surface area contributed by atoms with E-state index in [-0.39, 0.29) is 11.9 Å². The van der Waals surface area contributed by atoms with Crippen molar-refractivity contribution in [1.29, 1.82) is 0 Å². The van der Waals surface area contributed by atoms with Gasteiger partial charge in [0.05, 0.1) is 17.8 Å². The van der Waals surface area contributed by atoms with Gasteiger partial charge in [0.25, 0.3) is 0 Å². The molecule has 2 amide bonds. The third kappa shape index (κ3) is 3.04. The molecule has 0 saturated carbocycles. The number of fused-ring (bicyclic) bond motifs is 1. The molecule has 1 atom stereocenters. The van der Waals surface area contributed by atoms with Crippen molar-refractivity contribution in [2.75, 3.05) is 18.4 Å². The van der Waals surface area contributed by atoms with Gasteiger partial charge < -0.3 is 14.7 Å². The maximum absolute atomic E-state index is 12.6. The van der Waals surface area contributed by atoms with Crippen molar-refractivity contribution in [1.82, 2.24) is 30.2 Å². The van der Waals surface area contributed by atoms with E-state index in [4.69, 9.17) is 4.52 Å². The van der Waals surface area contributed by atoms with Crippen molar-refractivity contribution >= 4 is 22.8 Å². The maximum atomic E-state index is 12.6. The molecule has 1 saturated heterocycles. The number of nitrogens with one attached hydrogen (secondary N) is 2. The minimum Gasteiger partial charge on any atom is -0.339 e. The van der Waals surface area contributed by atoms with Crippen LogP contribution in [0.1, 0.15) is 36.2 Å². The molecule has 1 aliphatic rings. The fraction of sp³-hybridized carbons (Fsp3) is 0.438. The smallest absolute Gasteiger partial charge is 0.321 e. The monoisotopic (exact) mass is 341 g/mol. The Bertz CT molecular complexity index is 916. The number of hydrogen-bond donors (Lipinski definition) is 2. The molecule has 9 nitrogen and oxygen atoms in total. The Hall–Kier alpha value is -2.97. The van der Waals surface area contributed by atoms with Crippen molar-refractivity contribution in [2.24, 2.45) is 0 Å². The fourth-order valence-corrected chi connectivity index (χ4v) is 3.13. The summed E-state index contributed by atoms with van der Waals surface area (Å²) in [5.41, 5.74) is 2.21. The molecule has 3 aromatic heterocycles. The first-order valence-corrected chi connectivity index (χ1v) is 8.27. The van der Waals surface area contributed by atoms with Crippen molar-refractivity contribution in [2.45, 2.75) is 32.6 Å². The summed E-state index contributed by atoms with van der Waals surface area (Å²) < 4.78 is 5.26. The van der Waals surface area contributed by atoms with Crippen molar-refractivity contribution in [3.8, 4) is 0 Å². The Kier molecular flexibility index (Phi) is 3.83. The molecule has 0 aromatic carbocycles. The fourth-order valence-electron chi connectivity index (χ4n) is 3.13. The number of aromatic amines is 1. The van der Waals surface area contributed by atoms with E-state index in [0.717, 1.165) is 23.9 Å². The number of aromatic nitrogens is 5. The molecular formula is C16H19N7O2. The standard InChI is InChI=1S/C16H19N7O2/c1-9-13-6-12(7-17-14(13)21-20-9)19-16(24)23-5-3-4-11(8-23)15-18-10(2)22-25-15/h6-7,11H,3-5,8H2,1-2H3,(H,19,24)(H,17,20,21). The Labute approximate surface area is 143 Å². The van der Waals surface area contributed by atoms with Crippen LogP contribution >= 0.6 is 0 Å². The van der Waals surface area contributed by atoms with Crippen LogP contribution in [0, 0.1) is 13.8 Å². The summed E-state index contributed by atoms with van der Waals surface area (Å²) in [6, 6.07) is 1.73. The molecule has 130 valence electrons. The number of rotatable bonds is 2. The molecule has 2 N–H and O–H groups in total. The van der Waals surface area contributed by atoms with Crippen molar-refractivity contribution in [3.63, 3.8) is 0 Å². The average Bonchev–Trinajstić information content (AvgIpc) is 3.21. The average molecular weight is 341 g/mol. The number of anilines is 1. The van der Waals surface area contributed by atoms with E-state index in [0.29, 0.717) is 36.1 Å². The topological polar surface area (TPSA) is 113 Å². The first kappa shape index (κ1) is 15.6. The summed E-state index contributed by atoms with van der Waals surface area (Å²) >= 11 is 0. The highest BCUT2D eigenvalue weighted by atomic mass is 16.5. The molecule has 0 aliphatic carbocycles. The zero-order valence-electron chi connectivity index (χ0n) is 14.1. The summed E-state index contributed by atoms with van der Waals surface area (Å²) in [6.45, 7) is 4.98. The van der Waals surface area contributed by atoms with Gasteiger partial charge in [-0.3, -0.25) is 5.10 Å². The Morgan fingerprint density at radius 2 is 2.32 bits per heavy atom. The summed E-state index contributed by atoms with van der Waals surface area (Å²) in [7, 11) is 0. The number of urea groups is 1. The first-order chi connectivity index (χ1) is 12.1. The zero-order chi connectivity index (χ0) is 17.4. The number of piperidine rings is 1. The van der Waals surface area contributed by atoms with E-state index >= 15 is 0 Å². The third-order valence-corrected chi connectivity index (χ3v) is 4.45. The zero-order valence-corrected chi connectivity index (χ0v) is 14.1. The van der Waals surface area contributed by atoms with Gasteiger partial charge in [-0.1, -0.05) is 5.16 Å². The number of carbonyl (C=O) groups excluding carboxylic acids is 1. The van der Waals surface area contributed by atoms with Crippen LogP contribution < -0.4 is 5.32 Å².